The van der Waals surface area contributed by atoms with E-state index in [0.29, 0.717) is 31.9 Å². The number of amides is 1. The molecule has 1 unspecified atom stereocenters. The number of hydrazine groups is 1. The van der Waals surface area contributed by atoms with Crippen LogP contribution in [0.25, 0.3) is 5.65 Å². The molecule has 36 heavy (non-hydrogen) atoms. The van der Waals surface area contributed by atoms with Crippen molar-refractivity contribution < 1.29 is 19.1 Å². The van der Waals surface area contributed by atoms with E-state index >= 15 is 0 Å². The minimum absolute atomic E-state index is 0.0256. The maximum absolute atomic E-state index is 14.4. The molecule has 11 heteroatoms. The first-order valence-corrected chi connectivity index (χ1v) is 12.1. The Labute approximate surface area is 209 Å². The molecule has 4 heterocycles. The van der Waals surface area contributed by atoms with Crippen LogP contribution < -0.4 is 10.3 Å². The summed E-state index contributed by atoms with van der Waals surface area (Å²) in [5.41, 5.74) is 4.27. The number of carboxylic acid groups (broad SMARTS) is 1. The lowest BCUT2D eigenvalue weighted by Crippen LogP contribution is -2.47. The second-order valence-electron chi connectivity index (χ2n) is 9.98. The van der Waals surface area contributed by atoms with Crippen molar-refractivity contribution in [2.24, 2.45) is 5.41 Å². The Morgan fingerprint density at radius 3 is 2.78 bits per heavy atom. The molecule has 0 aliphatic carbocycles. The number of likely N-dealkylation sites (N-methyl/N-ethyl adjacent to an activating group) is 1. The number of hydrogen-bond acceptors (Lipinski definition) is 7. The van der Waals surface area contributed by atoms with Gasteiger partial charge in [-0.1, -0.05) is 27.7 Å². The third-order valence-corrected chi connectivity index (χ3v) is 6.40. The van der Waals surface area contributed by atoms with Crippen LogP contribution in [0.15, 0.2) is 30.7 Å². The van der Waals surface area contributed by atoms with Gasteiger partial charge in [-0.25, -0.2) is 23.7 Å². The van der Waals surface area contributed by atoms with Gasteiger partial charge in [-0.15, -0.1) is 0 Å². The Morgan fingerprint density at radius 1 is 1.31 bits per heavy atom. The van der Waals surface area contributed by atoms with Gasteiger partial charge in [0.05, 0.1) is 18.4 Å². The molecule has 1 atom stereocenters. The number of halogens is 1. The molecule has 1 amide bonds. The average Bonchev–Trinajstić information content (AvgIpc) is 3.48. The van der Waals surface area contributed by atoms with E-state index in [1.807, 2.05) is 32.7 Å². The third-order valence-electron chi connectivity index (χ3n) is 6.40. The van der Waals surface area contributed by atoms with Crippen LogP contribution in [0.5, 0.6) is 0 Å². The fourth-order valence-electron chi connectivity index (χ4n) is 4.36. The zero-order chi connectivity index (χ0) is 26.0. The Balaban J connectivity index is 1.59. The van der Waals surface area contributed by atoms with Crippen molar-refractivity contribution >= 4 is 23.3 Å². The standard InChI is InChI=1S/C25H32FN7O3/c1-5-31(30-24(36)25(2,3)4)11-8-19-17(13-16(26)14-27-19)20-7-6-10-32(20)21-9-12-33-22(29-21)18(15-28-33)23(34)35/h9,12-15,20H,5-8,10-11H2,1-4H3,(H,30,36)(H,34,35). The molecule has 0 radical (unpaired) electrons. The summed E-state index contributed by atoms with van der Waals surface area (Å²) in [6.07, 6.45) is 6.37. The van der Waals surface area contributed by atoms with Crippen LogP contribution >= 0.6 is 0 Å². The Kier molecular flexibility index (Phi) is 7.21. The number of aromatic nitrogens is 4. The topological polar surface area (TPSA) is 116 Å². The summed E-state index contributed by atoms with van der Waals surface area (Å²) in [6, 6.07) is 3.15. The highest BCUT2D eigenvalue weighted by Gasteiger charge is 2.31. The number of anilines is 1. The molecule has 0 spiro atoms. The van der Waals surface area contributed by atoms with E-state index in [9.17, 15) is 19.1 Å². The lowest BCUT2D eigenvalue weighted by atomic mass is 9.96. The fraction of sp³-hybridized carbons (Fsp3) is 0.480. The first kappa shape index (κ1) is 25.5. The van der Waals surface area contributed by atoms with Crippen molar-refractivity contribution in [2.75, 3.05) is 24.5 Å². The number of nitrogens with one attached hydrogen (secondary N) is 1. The van der Waals surface area contributed by atoms with E-state index in [4.69, 9.17) is 0 Å². The number of aromatic carboxylic acids is 1. The summed E-state index contributed by atoms with van der Waals surface area (Å²) < 4.78 is 15.8. The number of carbonyl (C=O) groups excluding carboxylic acids is 1. The number of carbonyl (C=O) groups is 2. The van der Waals surface area contributed by atoms with E-state index in [1.54, 1.807) is 12.3 Å². The number of hydrogen-bond donors (Lipinski definition) is 2. The molecule has 10 nitrogen and oxygen atoms in total. The quantitative estimate of drug-likeness (QED) is 0.456. The molecule has 1 saturated heterocycles. The first-order chi connectivity index (χ1) is 17.1. The van der Waals surface area contributed by atoms with Gasteiger partial charge in [-0.2, -0.15) is 5.10 Å². The molecule has 192 valence electrons. The highest BCUT2D eigenvalue weighted by Crippen LogP contribution is 2.37. The summed E-state index contributed by atoms with van der Waals surface area (Å²) >= 11 is 0. The molecule has 3 aromatic heterocycles. The van der Waals surface area contributed by atoms with Crippen LogP contribution in [0.2, 0.25) is 0 Å². The largest absolute Gasteiger partial charge is 0.477 e. The summed E-state index contributed by atoms with van der Waals surface area (Å²) in [7, 11) is 0. The lowest BCUT2D eigenvalue weighted by molar-refractivity contribution is -0.133. The van der Waals surface area contributed by atoms with Crippen molar-refractivity contribution in [3.63, 3.8) is 0 Å². The predicted octanol–water partition coefficient (Wildman–Crippen LogP) is 3.24. The first-order valence-electron chi connectivity index (χ1n) is 12.1. The van der Waals surface area contributed by atoms with Gasteiger partial charge in [0.25, 0.3) is 0 Å². The van der Waals surface area contributed by atoms with Crippen LogP contribution in [-0.4, -0.2) is 61.2 Å². The molecule has 1 fully saturated rings. The molecule has 0 saturated carbocycles. The molecule has 3 aromatic rings. The molecule has 2 N–H and O–H groups in total. The van der Waals surface area contributed by atoms with Crippen molar-refractivity contribution in [2.45, 2.75) is 53.0 Å². The second-order valence-corrected chi connectivity index (χ2v) is 9.98. The monoisotopic (exact) mass is 497 g/mol. The number of pyridine rings is 1. The minimum atomic E-state index is -1.09. The minimum Gasteiger partial charge on any atom is -0.477 e. The van der Waals surface area contributed by atoms with Gasteiger partial charge >= 0.3 is 5.97 Å². The van der Waals surface area contributed by atoms with Gasteiger partial charge in [-0.05, 0) is 30.5 Å². The third kappa shape index (κ3) is 5.30. The van der Waals surface area contributed by atoms with Crippen molar-refractivity contribution in [3.8, 4) is 0 Å². The van der Waals surface area contributed by atoms with E-state index in [0.717, 1.165) is 24.1 Å². The SMILES string of the molecule is CCN(CCc1ncc(F)cc1C1CCCN1c1ccn2ncc(C(=O)O)c2n1)NC(=O)C(C)(C)C. The molecule has 4 rings (SSSR count). The van der Waals surface area contributed by atoms with Gasteiger partial charge < -0.3 is 10.0 Å². The predicted molar refractivity (Wildman–Crippen MR) is 132 cm³/mol. The zero-order valence-electron chi connectivity index (χ0n) is 21.0. The Bertz CT molecular complexity index is 1270. The van der Waals surface area contributed by atoms with Crippen LogP contribution in [-0.2, 0) is 11.2 Å². The Morgan fingerprint density at radius 2 is 2.08 bits per heavy atom. The van der Waals surface area contributed by atoms with Crippen LogP contribution in [0.3, 0.4) is 0 Å². The number of rotatable bonds is 8. The summed E-state index contributed by atoms with van der Waals surface area (Å²) in [5, 5.41) is 15.4. The van der Waals surface area contributed by atoms with Crippen LogP contribution in [0.1, 0.15) is 68.2 Å². The smallest absolute Gasteiger partial charge is 0.341 e. The van der Waals surface area contributed by atoms with E-state index in [1.165, 1.54) is 23.0 Å². The van der Waals surface area contributed by atoms with Crippen molar-refractivity contribution in [1.82, 2.24) is 30.0 Å². The molecule has 1 aliphatic rings. The van der Waals surface area contributed by atoms with Gasteiger partial charge in [-0.3, -0.25) is 15.2 Å². The van der Waals surface area contributed by atoms with E-state index in [2.05, 4.69) is 25.4 Å². The molecular formula is C25H32FN7O3. The van der Waals surface area contributed by atoms with Crippen molar-refractivity contribution in [3.05, 3.63) is 53.4 Å². The zero-order valence-corrected chi connectivity index (χ0v) is 21.0. The van der Waals surface area contributed by atoms with E-state index in [-0.39, 0.29) is 23.2 Å². The lowest BCUT2D eigenvalue weighted by Gasteiger charge is -2.29. The maximum atomic E-state index is 14.4. The van der Waals surface area contributed by atoms with Gasteiger partial charge in [0.2, 0.25) is 5.91 Å². The average molecular weight is 498 g/mol. The van der Waals surface area contributed by atoms with Gasteiger partial charge in [0, 0.05) is 43.4 Å². The number of carboxylic acids is 1. The Hall–Kier alpha value is -3.60. The molecule has 0 bridgehead atoms. The molecule has 1 aliphatic heterocycles. The fourth-order valence-corrected chi connectivity index (χ4v) is 4.36. The maximum Gasteiger partial charge on any atom is 0.341 e. The summed E-state index contributed by atoms with van der Waals surface area (Å²) in [5.74, 6) is -0.971. The second kappa shape index (κ2) is 10.2. The number of nitrogens with zero attached hydrogens (tertiary/aromatic N) is 6. The summed E-state index contributed by atoms with van der Waals surface area (Å²) in [4.78, 5) is 35.1. The molecular weight excluding hydrogens is 465 g/mol. The van der Waals surface area contributed by atoms with Gasteiger partial charge in [0.15, 0.2) is 5.65 Å². The summed E-state index contributed by atoms with van der Waals surface area (Å²) in [6.45, 7) is 9.39. The normalized spacial score (nSPS) is 16.2. The van der Waals surface area contributed by atoms with E-state index < -0.39 is 17.2 Å². The van der Waals surface area contributed by atoms with Crippen LogP contribution in [0.4, 0.5) is 10.2 Å². The van der Waals surface area contributed by atoms with Crippen LogP contribution in [0, 0.1) is 11.2 Å². The molecule has 0 aromatic carbocycles. The number of fused-ring (bicyclic) bond motifs is 1. The highest BCUT2D eigenvalue weighted by atomic mass is 19.1. The van der Waals surface area contributed by atoms with Crippen molar-refractivity contribution in [1.29, 1.82) is 0 Å². The van der Waals surface area contributed by atoms with Gasteiger partial charge in [0.1, 0.15) is 17.2 Å². The highest BCUT2D eigenvalue weighted by molar-refractivity contribution is 5.94.